The highest BCUT2D eigenvalue weighted by molar-refractivity contribution is 7.88. The molecule has 1 fully saturated rings. The van der Waals surface area contributed by atoms with E-state index in [1.165, 1.54) is 16.9 Å². The van der Waals surface area contributed by atoms with Gasteiger partial charge in [0.05, 0.1) is 23.3 Å². The highest BCUT2D eigenvalue weighted by Crippen LogP contribution is 2.28. The van der Waals surface area contributed by atoms with E-state index in [9.17, 15) is 8.42 Å². The van der Waals surface area contributed by atoms with E-state index in [0.29, 0.717) is 32.1 Å². The molecular formula is C16H22N4O3S. The van der Waals surface area contributed by atoms with Crippen molar-refractivity contribution in [2.75, 3.05) is 37.3 Å². The monoisotopic (exact) mass is 350 g/mol. The first-order valence-corrected chi connectivity index (χ1v) is 9.81. The number of aromatic nitrogens is 2. The maximum absolute atomic E-state index is 11.6. The number of anilines is 1. The molecule has 0 radical (unpaired) electrons. The predicted octanol–water partition coefficient (Wildman–Crippen LogP) is 1.50. The number of piperazine rings is 1. The second kappa shape index (κ2) is 6.52. The van der Waals surface area contributed by atoms with E-state index in [1.54, 1.807) is 0 Å². The van der Waals surface area contributed by atoms with Gasteiger partial charge in [0.2, 0.25) is 15.9 Å². The molecule has 130 valence electrons. The van der Waals surface area contributed by atoms with Gasteiger partial charge >= 0.3 is 0 Å². The number of nitrogens with zero attached hydrogens (tertiary/aromatic N) is 4. The van der Waals surface area contributed by atoms with E-state index < -0.39 is 10.0 Å². The Balaban J connectivity index is 1.86. The molecule has 2 aromatic rings. The van der Waals surface area contributed by atoms with Gasteiger partial charge in [-0.05, 0) is 32.0 Å². The van der Waals surface area contributed by atoms with Gasteiger partial charge in [-0.25, -0.2) is 18.4 Å². The zero-order chi connectivity index (χ0) is 17.3. The van der Waals surface area contributed by atoms with E-state index in [-0.39, 0.29) is 6.10 Å². The Hall–Kier alpha value is -1.93. The number of fused-ring (bicyclic) bond motifs is 1. The SMILES string of the molecule is CC(C)Oc1ncnc2ccc(N3CCN(S(C)(=O)=O)CC3)cc12. The lowest BCUT2D eigenvalue weighted by molar-refractivity contribution is 0.235. The number of hydrogen-bond acceptors (Lipinski definition) is 6. The fourth-order valence-electron chi connectivity index (χ4n) is 2.81. The van der Waals surface area contributed by atoms with Gasteiger partial charge in [0.15, 0.2) is 0 Å². The summed E-state index contributed by atoms with van der Waals surface area (Å²) in [4.78, 5) is 10.7. The minimum atomic E-state index is -3.12. The number of benzene rings is 1. The zero-order valence-corrected chi connectivity index (χ0v) is 15.0. The van der Waals surface area contributed by atoms with Gasteiger partial charge in [-0.1, -0.05) is 0 Å². The summed E-state index contributed by atoms with van der Waals surface area (Å²) in [5.74, 6) is 0.576. The van der Waals surface area contributed by atoms with Crippen molar-refractivity contribution in [1.82, 2.24) is 14.3 Å². The van der Waals surface area contributed by atoms with Gasteiger partial charge in [-0.2, -0.15) is 4.31 Å². The molecule has 1 saturated heterocycles. The minimum absolute atomic E-state index is 0.0325. The van der Waals surface area contributed by atoms with Gasteiger partial charge in [0.1, 0.15) is 6.33 Å². The van der Waals surface area contributed by atoms with E-state index in [4.69, 9.17) is 4.74 Å². The Bertz CT molecular complexity index is 830. The van der Waals surface area contributed by atoms with Crippen LogP contribution >= 0.6 is 0 Å². The van der Waals surface area contributed by atoms with Crippen LogP contribution in [-0.4, -0.2) is 61.2 Å². The molecule has 0 amide bonds. The molecule has 1 aromatic carbocycles. The molecule has 24 heavy (non-hydrogen) atoms. The van der Waals surface area contributed by atoms with Crippen molar-refractivity contribution in [3.63, 3.8) is 0 Å². The Labute approximate surface area is 142 Å². The Morgan fingerprint density at radius 2 is 1.83 bits per heavy atom. The molecule has 1 aliphatic heterocycles. The number of rotatable bonds is 4. The highest BCUT2D eigenvalue weighted by Gasteiger charge is 2.23. The molecule has 1 aliphatic rings. The maximum Gasteiger partial charge on any atom is 0.224 e. The summed E-state index contributed by atoms with van der Waals surface area (Å²) in [5.41, 5.74) is 1.86. The smallest absolute Gasteiger partial charge is 0.224 e. The molecule has 7 nitrogen and oxygen atoms in total. The van der Waals surface area contributed by atoms with Crippen molar-refractivity contribution >= 4 is 26.6 Å². The molecule has 0 spiro atoms. The summed E-state index contributed by atoms with van der Waals surface area (Å²) in [5, 5.41) is 0.870. The van der Waals surface area contributed by atoms with Crippen LogP contribution < -0.4 is 9.64 Å². The molecule has 3 rings (SSSR count). The third-order valence-electron chi connectivity index (χ3n) is 4.00. The van der Waals surface area contributed by atoms with Crippen LogP contribution in [0.1, 0.15) is 13.8 Å². The zero-order valence-electron chi connectivity index (χ0n) is 14.1. The number of ether oxygens (including phenoxy) is 1. The van der Waals surface area contributed by atoms with Gasteiger partial charge in [-0.3, -0.25) is 0 Å². The van der Waals surface area contributed by atoms with E-state index in [2.05, 4.69) is 14.9 Å². The van der Waals surface area contributed by atoms with Crippen molar-refractivity contribution in [3.05, 3.63) is 24.5 Å². The first-order valence-electron chi connectivity index (χ1n) is 7.96. The summed E-state index contributed by atoms with van der Waals surface area (Å²) in [6.45, 7) is 6.23. The van der Waals surface area contributed by atoms with Gasteiger partial charge < -0.3 is 9.64 Å². The normalized spacial score (nSPS) is 16.8. The van der Waals surface area contributed by atoms with Crippen LogP contribution in [-0.2, 0) is 10.0 Å². The second-order valence-electron chi connectivity index (χ2n) is 6.20. The average Bonchev–Trinajstić information content (AvgIpc) is 2.54. The molecule has 2 heterocycles. The highest BCUT2D eigenvalue weighted by atomic mass is 32.2. The quantitative estimate of drug-likeness (QED) is 0.832. The van der Waals surface area contributed by atoms with Crippen molar-refractivity contribution < 1.29 is 13.2 Å². The van der Waals surface area contributed by atoms with Gasteiger partial charge in [-0.15, -0.1) is 0 Å². The Kier molecular flexibility index (Phi) is 4.60. The number of hydrogen-bond donors (Lipinski definition) is 0. The summed E-state index contributed by atoms with van der Waals surface area (Å²) in [7, 11) is -3.12. The summed E-state index contributed by atoms with van der Waals surface area (Å²) in [6.07, 6.45) is 2.79. The van der Waals surface area contributed by atoms with Crippen LogP contribution in [0.15, 0.2) is 24.5 Å². The van der Waals surface area contributed by atoms with Crippen LogP contribution in [0.2, 0.25) is 0 Å². The largest absolute Gasteiger partial charge is 0.474 e. The van der Waals surface area contributed by atoms with Crippen LogP contribution in [0.4, 0.5) is 5.69 Å². The van der Waals surface area contributed by atoms with Crippen LogP contribution in [0.25, 0.3) is 10.9 Å². The third kappa shape index (κ3) is 3.59. The molecule has 0 unspecified atom stereocenters. The van der Waals surface area contributed by atoms with Crippen molar-refractivity contribution in [2.24, 2.45) is 0 Å². The van der Waals surface area contributed by atoms with Gasteiger partial charge in [0.25, 0.3) is 0 Å². The summed E-state index contributed by atoms with van der Waals surface area (Å²) >= 11 is 0. The topological polar surface area (TPSA) is 75.6 Å². The predicted molar refractivity (Wildman–Crippen MR) is 93.9 cm³/mol. The third-order valence-corrected chi connectivity index (χ3v) is 5.31. The van der Waals surface area contributed by atoms with E-state index in [1.807, 2.05) is 32.0 Å². The van der Waals surface area contributed by atoms with Crippen LogP contribution in [0, 0.1) is 0 Å². The molecule has 0 atom stereocenters. The van der Waals surface area contributed by atoms with E-state index >= 15 is 0 Å². The molecule has 8 heteroatoms. The molecular weight excluding hydrogens is 328 g/mol. The molecule has 0 N–H and O–H groups in total. The molecule has 0 bridgehead atoms. The minimum Gasteiger partial charge on any atom is -0.474 e. The first kappa shape index (κ1) is 16.9. The standard InChI is InChI=1S/C16H22N4O3S/c1-12(2)23-16-14-10-13(4-5-15(14)17-11-18-16)19-6-8-20(9-7-19)24(3,21)22/h4-5,10-12H,6-9H2,1-3H3. The molecule has 0 saturated carbocycles. The lowest BCUT2D eigenvalue weighted by Crippen LogP contribution is -2.48. The average molecular weight is 350 g/mol. The van der Waals surface area contributed by atoms with Crippen molar-refractivity contribution in [2.45, 2.75) is 20.0 Å². The van der Waals surface area contributed by atoms with Crippen LogP contribution in [0.3, 0.4) is 0 Å². The van der Waals surface area contributed by atoms with Crippen LogP contribution in [0.5, 0.6) is 5.88 Å². The summed E-state index contributed by atoms with van der Waals surface area (Å²) in [6, 6.07) is 5.97. The lowest BCUT2D eigenvalue weighted by Gasteiger charge is -2.34. The number of sulfonamides is 1. The van der Waals surface area contributed by atoms with Gasteiger partial charge in [0, 0.05) is 31.9 Å². The second-order valence-corrected chi connectivity index (χ2v) is 8.18. The first-order chi connectivity index (χ1) is 11.3. The Morgan fingerprint density at radius 1 is 1.12 bits per heavy atom. The van der Waals surface area contributed by atoms with Crippen molar-refractivity contribution in [3.8, 4) is 5.88 Å². The fourth-order valence-corrected chi connectivity index (χ4v) is 3.64. The fraction of sp³-hybridized carbons (Fsp3) is 0.500. The Morgan fingerprint density at radius 3 is 2.46 bits per heavy atom. The van der Waals surface area contributed by atoms with E-state index in [0.717, 1.165) is 16.6 Å². The van der Waals surface area contributed by atoms with Crippen molar-refractivity contribution in [1.29, 1.82) is 0 Å². The summed E-state index contributed by atoms with van der Waals surface area (Å²) < 4.78 is 30.5. The lowest BCUT2D eigenvalue weighted by atomic mass is 10.2. The molecule has 0 aliphatic carbocycles. The molecule has 1 aromatic heterocycles. The maximum atomic E-state index is 11.6.